The smallest absolute Gasteiger partial charge is 0.292 e. The van der Waals surface area contributed by atoms with Crippen molar-refractivity contribution in [2.24, 2.45) is 0 Å². The second-order valence-corrected chi connectivity index (χ2v) is 5.59. The lowest BCUT2D eigenvalue weighted by Gasteiger charge is -2.11. The zero-order valence-corrected chi connectivity index (χ0v) is 12.8. The monoisotopic (exact) mass is 329 g/mol. The lowest BCUT2D eigenvalue weighted by Crippen LogP contribution is -2.20. The van der Waals surface area contributed by atoms with E-state index in [0.29, 0.717) is 16.1 Å². The first kappa shape index (κ1) is 15.3. The topological polar surface area (TPSA) is 42.2 Å². The summed E-state index contributed by atoms with van der Waals surface area (Å²) in [7, 11) is 0. The second kappa shape index (κ2) is 6.26. The zero-order chi connectivity index (χ0) is 16.4. The van der Waals surface area contributed by atoms with Crippen LogP contribution in [0.1, 0.15) is 5.56 Å². The first-order chi connectivity index (χ1) is 11.0. The number of pyridine rings is 1. The first-order valence-electron chi connectivity index (χ1n) is 6.97. The maximum Gasteiger partial charge on any atom is 0.292 e. The van der Waals surface area contributed by atoms with Crippen LogP contribution >= 0.6 is 11.6 Å². The minimum Gasteiger partial charge on any atom is -0.503 e. The van der Waals surface area contributed by atoms with Gasteiger partial charge in [-0.25, -0.2) is 4.39 Å². The van der Waals surface area contributed by atoms with Crippen LogP contribution in [0.25, 0.3) is 11.1 Å². The molecular weight excluding hydrogens is 317 g/mol. The molecule has 0 radical (unpaired) electrons. The van der Waals surface area contributed by atoms with Gasteiger partial charge in [0.1, 0.15) is 5.82 Å². The highest BCUT2D eigenvalue weighted by Crippen LogP contribution is 2.24. The van der Waals surface area contributed by atoms with Crippen LogP contribution in [0, 0.1) is 5.82 Å². The maximum absolute atomic E-state index is 13.8. The molecule has 3 rings (SSSR count). The summed E-state index contributed by atoms with van der Waals surface area (Å²) in [6.07, 6.45) is 1.58. The number of rotatable bonds is 3. The summed E-state index contributed by atoms with van der Waals surface area (Å²) < 4.78 is 15.1. The highest BCUT2D eigenvalue weighted by Gasteiger charge is 2.10. The first-order valence-corrected chi connectivity index (χ1v) is 7.35. The van der Waals surface area contributed by atoms with E-state index in [1.165, 1.54) is 16.7 Å². The van der Waals surface area contributed by atoms with Crippen LogP contribution < -0.4 is 5.56 Å². The lowest BCUT2D eigenvalue weighted by molar-refractivity contribution is 0.459. The molecule has 2 aromatic carbocycles. The van der Waals surface area contributed by atoms with Crippen molar-refractivity contribution in [3.63, 3.8) is 0 Å². The van der Waals surface area contributed by atoms with Gasteiger partial charge in [-0.05, 0) is 29.8 Å². The SMILES string of the molecule is O=c1c(O)cc(-c2cccc(Cl)c2)cn1Cc1ccccc1F. The van der Waals surface area contributed by atoms with Gasteiger partial charge in [-0.15, -0.1) is 0 Å². The standard InChI is InChI=1S/C18H13ClFNO2/c19-15-6-3-5-12(8-15)14-9-17(22)18(23)21(11-14)10-13-4-1-2-7-16(13)20/h1-9,11,22H,10H2. The molecule has 0 bridgehead atoms. The van der Waals surface area contributed by atoms with E-state index in [-0.39, 0.29) is 12.3 Å². The van der Waals surface area contributed by atoms with Crippen molar-refractivity contribution in [2.75, 3.05) is 0 Å². The van der Waals surface area contributed by atoms with Crippen LogP contribution in [-0.4, -0.2) is 9.67 Å². The van der Waals surface area contributed by atoms with Crippen LogP contribution in [0.5, 0.6) is 5.75 Å². The van der Waals surface area contributed by atoms with Gasteiger partial charge in [0, 0.05) is 22.3 Å². The molecule has 5 heteroatoms. The maximum atomic E-state index is 13.8. The van der Waals surface area contributed by atoms with Crippen molar-refractivity contribution in [1.82, 2.24) is 4.57 Å². The van der Waals surface area contributed by atoms with Gasteiger partial charge in [0.25, 0.3) is 5.56 Å². The van der Waals surface area contributed by atoms with Crippen LogP contribution in [-0.2, 0) is 6.54 Å². The minimum absolute atomic E-state index is 0.0352. The molecule has 23 heavy (non-hydrogen) atoms. The fourth-order valence-electron chi connectivity index (χ4n) is 2.37. The predicted molar refractivity (Wildman–Crippen MR) is 88.3 cm³/mol. The van der Waals surface area contributed by atoms with Gasteiger partial charge in [0.2, 0.25) is 0 Å². The van der Waals surface area contributed by atoms with E-state index in [1.54, 1.807) is 42.6 Å². The summed E-state index contributed by atoms with van der Waals surface area (Å²) in [4.78, 5) is 12.1. The molecule has 0 saturated carbocycles. The van der Waals surface area contributed by atoms with Crippen molar-refractivity contribution in [1.29, 1.82) is 0 Å². The van der Waals surface area contributed by atoms with Gasteiger partial charge in [0.15, 0.2) is 5.75 Å². The van der Waals surface area contributed by atoms with Crippen molar-refractivity contribution >= 4 is 11.6 Å². The molecule has 0 aliphatic carbocycles. The molecule has 3 nitrogen and oxygen atoms in total. The molecule has 0 atom stereocenters. The number of aromatic hydroxyl groups is 1. The van der Waals surface area contributed by atoms with Gasteiger partial charge in [-0.1, -0.05) is 41.9 Å². The molecule has 0 aliphatic heterocycles. The number of halogens is 2. The third-order valence-corrected chi connectivity index (χ3v) is 3.76. The minimum atomic E-state index is -0.570. The summed E-state index contributed by atoms with van der Waals surface area (Å²) in [5, 5.41) is 10.4. The Balaban J connectivity index is 2.07. The molecule has 0 fully saturated rings. The summed E-state index contributed by atoms with van der Waals surface area (Å²) in [5.74, 6) is -0.786. The Labute approximate surface area is 137 Å². The molecule has 1 aromatic heterocycles. The molecule has 0 unspecified atom stereocenters. The van der Waals surface area contributed by atoms with Crippen LogP contribution in [0.3, 0.4) is 0 Å². The largest absolute Gasteiger partial charge is 0.503 e. The number of hydrogen-bond acceptors (Lipinski definition) is 2. The fraction of sp³-hybridized carbons (Fsp3) is 0.0556. The van der Waals surface area contributed by atoms with Gasteiger partial charge < -0.3 is 9.67 Å². The van der Waals surface area contributed by atoms with E-state index in [1.807, 2.05) is 6.07 Å². The highest BCUT2D eigenvalue weighted by atomic mass is 35.5. The zero-order valence-electron chi connectivity index (χ0n) is 12.0. The second-order valence-electron chi connectivity index (χ2n) is 5.15. The van der Waals surface area contributed by atoms with E-state index in [0.717, 1.165) is 5.56 Å². The van der Waals surface area contributed by atoms with Gasteiger partial charge in [-0.3, -0.25) is 4.79 Å². The summed E-state index contributed by atoms with van der Waals surface area (Å²) in [6.45, 7) is 0.0352. The van der Waals surface area contributed by atoms with E-state index in [2.05, 4.69) is 0 Å². The van der Waals surface area contributed by atoms with Crippen molar-refractivity contribution in [2.45, 2.75) is 6.54 Å². The van der Waals surface area contributed by atoms with E-state index in [9.17, 15) is 14.3 Å². The number of benzene rings is 2. The van der Waals surface area contributed by atoms with Crippen LogP contribution in [0.15, 0.2) is 65.6 Å². The Morgan fingerprint density at radius 3 is 2.57 bits per heavy atom. The number of hydrogen-bond donors (Lipinski definition) is 1. The molecule has 116 valence electrons. The average molecular weight is 330 g/mol. The van der Waals surface area contributed by atoms with Crippen molar-refractivity contribution < 1.29 is 9.50 Å². The van der Waals surface area contributed by atoms with Gasteiger partial charge >= 0.3 is 0 Å². The number of nitrogens with zero attached hydrogens (tertiary/aromatic N) is 1. The Hall–Kier alpha value is -2.59. The molecule has 0 amide bonds. The molecule has 3 aromatic rings. The summed E-state index contributed by atoms with van der Waals surface area (Å²) in [6, 6.07) is 14.7. The Morgan fingerprint density at radius 2 is 1.83 bits per heavy atom. The van der Waals surface area contributed by atoms with Crippen molar-refractivity contribution in [3.8, 4) is 16.9 Å². The number of aromatic nitrogens is 1. The normalized spacial score (nSPS) is 10.7. The molecule has 1 N–H and O–H groups in total. The van der Waals surface area contributed by atoms with E-state index in [4.69, 9.17) is 11.6 Å². The summed E-state index contributed by atoms with van der Waals surface area (Å²) >= 11 is 5.98. The average Bonchev–Trinajstić information content (AvgIpc) is 2.53. The predicted octanol–water partition coefficient (Wildman–Crippen LogP) is 4.06. The lowest BCUT2D eigenvalue weighted by atomic mass is 10.1. The third-order valence-electron chi connectivity index (χ3n) is 3.52. The van der Waals surface area contributed by atoms with E-state index >= 15 is 0 Å². The van der Waals surface area contributed by atoms with Crippen LogP contribution in [0.4, 0.5) is 4.39 Å². The molecule has 0 aliphatic rings. The highest BCUT2D eigenvalue weighted by molar-refractivity contribution is 6.30. The van der Waals surface area contributed by atoms with Crippen LogP contribution in [0.2, 0.25) is 5.02 Å². The third kappa shape index (κ3) is 3.27. The fourth-order valence-corrected chi connectivity index (χ4v) is 2.56. The molecule has 0 spiro atoms. The van der Waals surface area contributed by atoms with E-state index < -0.39 is 11.4 Å². The van der Waals surface area contributed by atoms with Crippen molar-refractivity contribution in [3.05, 3.63) is 87.6 Å². The Kier molecular flexibility index (Phi) is 4.17. The Morgan fingerprint density at radius 1 is 1.04 bits per heavy atom. The molecule has 1 heterocycles. The summed E-state index contributed by atoms with van der Waals surface area (Å²) in [5.41, 5.74) is 1.19. The molecular formula is C18H13ClFNO2. The van der Waals surface area contributed by atoms with Gasteiger partial charge in [-0.2, -0.15) is 0 Å². The molecule has 0 saturated heterocycles. The van der Waals surface area contributed by atoms with Gasteiger partial charge in [0.05, 0.1) is 6.54 Å². The quantitative estimate of drug-likeness (QED) is 0.787. The Bertz CT molecular complexity index is 921.